The predicted molar refractivity (Wildman–Crippen MR) is 106 cm³/mol. The number of carbonyl (C=O) groups is 1. The van der Waals surface area contributed by atoms with Crippen LogP contribution in [0, 0.1) is 5.82 Å². The summed E-state index contributed by atoms with van der Waals surface area (Å²) in [6.07, 6.45) is -4.05. The van der Waals surface area contributed by atoms with Gasteiger partial charge in [-0.3, -0.25) is 4.79 Å². The van der Waals surface area contributed by atoms with Gasteiger partial charge in [0.15, 0.2) is 0 Å². The van der Waals surface area contributed by atoms with Crippen LogP contribution in [0.3, 0.4) is 0 Å². The third-order valence-electron chi connectivity index (χ3n) is 4.07. The molecule has 2 rings (SSSR count). The Morgan fingerprint density at radius 2 is 1.94 bits per heavy atom. The molecule has 12 heteroatoms. The normalized spacial score (nSPS) is 11.8. The highest BCUT2D eigenvalue weighted by molar-refractivity contribution is 5.96. The number of alkyl halides is 3. The molecule has 0 aliphatic carbocycles. The van der Waals surface area contributed by atoms with E-state index < -0.39 is 34.8 Å². The summed E-state index contributed by atoms with van der Waals surface area (Å²) < 4.78 is 59.1. The summed E-state index contributed by atoms with van der Waals surface area (Å²) in [6, 6.07) is 2.06. The van der Waals surface area contributed by atoms with E-state index in [0.717, 1.165) is 12.1 Å². The number of benzene rings is 1. The molecular formula is C19H23F4N5O3. The number of nitrogens with zero attached hydrogens (tertiary/aromatic N) is 2. The van der Waals surface area contributed by atoms with E-state index in [1.54, 1.807) is 20.8 Å². The van der Waals surface area contributed by atoms with Crippen molar-refractivity contribution in [3.63, 3.8) is 0 Å². The van der Waals surface area contributed by atoms with Gasteiger partial charge in [-0.2, -0.15) is 18.2 Å². The fraction of sp³-hybridized carbons (Fsp3) is 0.421. The van der Waals surface area contributed by atoms with Crippen molar-refractivity contribution in [2.24, 2.45) is 0 Å². The first-order chi connectivity index (χ1) is 14.4. The minimum Gasteiger partial charge on any atom is -0.495 e. The second-order valence-corrected chi connectivity index (χ2v) is 7.14. The molecule has 8 nitrogen and oxygen atoms in total. The molecule has 0 saturated heterocycles. The van der Waals surface area contributed by atoms with E-state index in [4.69, 9.17) is 4.74 Å². The van der Waals surface area contributed by atoms with Crippen molar-refractivity contribution in [3.05, 3.63) is 35.3 Å². The molecule has 1 heterocycles. The number of methoxy groups -OCH3 is 1. The van der Waals surface area contributed by atoms with E-state index in [-0.39, 0.29) is 36.1 Å². The van der Waals surface area contributed by atoms with Crippen molar-refractivity contribution in [1.82, 2.24) is 15.3 Å². The van der Waals surface area contributed by atoms with Gasteiger partial charge in [0.25, 0.3) is 5.91 Å². The lowest BCUT2D eigenvalue weighted by molar-refractivity contribution is -0.137. The number of hydrogen-bond acceptors (Lipinski definition) is 7. The Kier molecular flexibility index (Phi) is 7.26. The van der Waals surface area contributed by atoms with Crippen molar-refractivity contribution in [3.8, 4) is 5.75 Å². The highest BCUT2D eigenvalue weighted by Crippen LogP contribution is 2.35. The molecule has 0 saturated carbocycles. The minimum atomic E-state index is -4.66. The van der Waals surface area contributed by atoms with Gasteiger partial charge in [-0.15, -0.1) is 0 Å². The number of aromatic nitrogens is 2. The average Bonchev–Trinajstić information content (AvgIpc) is 2.67. The number of carbonyl (C=O) groups excluding carboxylic acids is 1. The highest BCUT2D eigenvalue weighted by atomic mass is 19.4. The molecular weight excluding hydrogens is 422 g/mol. The molecule has 0 atom stereocenters. The predicted octanol–water partition coefficient (Wildman–Crippen LogP) is 3.32. The van der Waals surface area contributed by atoms with Crippen molar-refractivity contribution in [2.45, 2.75) is 32.5 Å². The first kappa shape index (κ1) is 24.1. The first-order valence-electron chi connectivity index (χ1n) is 9.18. The molecule has 0 radical (unpaired) electrons. The molecule has 0 fully saturated rings. The maximum absolute atomic E-state index is 14.6. The fourth-order valence-corrected chi connectivity index (χ4v) is 2.48. The van der Waals surface area contributed by atoms with Crippen LogP contribution in [-0.2, 0) is 6.18 Å². The molecule has 0 unspecified atom stereocenters. The number of halogens is 4. The van der Waals surface area contributed by atoms with Gasteiger partial charge in [0.05, 0.1) is 30.5 Å². The van der Waals surface area contributed by atoms with E-state index >= 15 is 0 Å². The molecule has 0 aliphatic rings. The van der Waals surface area contributed by atoms with Crippen LogP contribution in [0.25, 0.3) is 0 Å². The summed E-state index contributed by atoms with van der Waals surface area (Å²) in [6.45, 7) is 4.54. The molecule has 170 valence electrons. The maximum atomic E-state index is 14.6. The molecule has 4 N–H and O–H groups in total. The third kappa shape index (κ3) is 5.94. The molecule has 0 bridgehead atoms. The minimum absolute atomic E-state index is 0.000163. The molecule has 1 aromatic carbocycles. The number of aliphatic hydroxyl groups excluding tert-OH is 1. The molecule has 0 spiro atoms. The second kappa shape index (κ2) is 9.33. The smallest absolute Gasteiger partial charge is 0.421 e. The lowest BCUT2D eigenvalue weighted by Gasteiger charge is -2.24. The summed E-state index contributed by atoms with van der Waals surface area (Å²) >= 11 is 0. The number of nitrogens with one attached hydrogen (secondary N) is 3. The van der Waals surface area contributed by atoms with Crippen LogP contribution in [0.4, 0.5) is 35.0 Å². The van der Waals surface area contributed by atoms with Gasteiger partial charge in [0.2, 0.25) is 5.95 Å². The molecule has 1 aromatic heterocycles. The van der Waals surface area contributed by atoms with Crippen LogP contribution < -0.4 is 20.7 Å². The number of ether oxygens (including phenoxy) is 1. The fourth-order valence-electron chi connectivity index (χ4n) is 2.48. The van der Waals surface area contributed by atoms with E-state index in [1.165, 1.54) is 7.11 Å². The van der Waals surface area contributed by atoms with Gasteiger partial charge >= 0.3 is 6.18 Å². The Morgan fingerprint density at radius 1 is 1.26 bits per heavy atom. The van der Waals surface area contributed by atoms with Gasteiger partial charge in [-0.25, -0.2) is 9.37 Å². The van der Waals surface area contributed by atoms with Crippen LogP contribution in [0.15, 0.2) is 18.3 Å². The lowest BCUT2D eigenvalue weighted by Crippen LogP contribution is -2.46. The molecule has 2 aromatic rings. The maximum Gasteiger partial charge on any atom is 0.421 e. The average molecular weight is 445 g/mol. The number of anilines is 3. The van der Waals surface area contributed by atoms with Gasteiger partial charge in [0, 0.05) is 18.8 Å². The Labute approximate surface area is 176 Å². The summed E-state index contributed by atoms with van der Waals surface area (Å²) in [5.41, 5.74) is -2.37. The third-order valence-corrected chi connectivity index (χ3v) is 4.07. The van der Waals surface area contributed by atoms with Gasteiger partial charge < -0.3 is 25.8 Å². The van der Waals surface area contributed by atoms with Gasteiger partial charge in [-0.05, 0) is 26.8 Å². The Balaban J connectivity index is 2.39. The number of amides is 1. The standard InChI is InChI=1S/C19H23F4N5O3/c1-5-24-15-11(19(21,22)23)8-25-17(27-15)26-13-7-12(20)10(6-14(13)31-4)16(30)28-18(2,3)9-29/h6-8,29H,5,9H2,1-4H3,(H,28,30)(H2,24,25,26,27). The zero-order chi connectivity index (χ0) is 23.4. The topological polar surface area (TPSA) is 108 Å². The second-order valence-electron chi connectivity index (χ2n) is 7.14. The first-order valence-corrected chi connectivity index (χ1v) is 9.18. The van der Waals surface area contributed by atoms with Crippen LogP contribution >= 0.6 is 0 Å². The lowest BCUT2D eigenvalue weighted by atomic mass is 10.1. The highest BCUT2D eigenvalue weighted by Gasteiger charge is 2.35. The summed E-state index contributed by atoms with van der Waals surface area (Å²) in [5, 5.41) is 16.9. The zero-order valence-electron chi connectivity index (χ0n) is 17.3. The zero-order valence-corrected chi connectivity index (χ0v) is 17.3. The Hall–Kier alpha value is -3.15. The van der Waals surface area contributed by atoms with E-state index in [0.29, 0.717) is 6.20 Å². The van der Waals surface area contributed by atoms with Crippen LogP contribution in [0.1, 0.15) is 36.7 Å². The van der Waals surface area contributed by atoms with Crippen molar-refractivity contribution in [2.75, 3.05) is 30.9 Å². The largest absolute Gasteiger partial charge is 0.495 e. The number of rotatable bonds is 8. The van der Waals surface area contributed by atoms with Gasteiger partial charge in [0.1, 0.15) is 22.9 Å². The van der Waals surface area contributed by atoms with Crippen LogP contribution in [-0.4, -0.2) is 46.8 Å². The van der Waals surface area contributed by atoms with E-state index in [1.807, 2.05) is 0 Å². The number of aliphatic hydroxyl groups is 1. The number of hydrogen-bond donors (Lipinski definition) is 4. The summed E-state index contributed by atoms with van der Waals surface area (Å²) in [5.74, 6) is -2.34. The SMILES string of the molecule is CCNc1nc(Nc2cc(F)c(C(=O)NC(C)(C)CO)cc2OC)ncc1C(F)(F)F. The monoisotopic (exact) mass is 445 g/mol. The Morgan fingerprint density at radius 3 is 2.48 bits per heavy atom. The van der Waals surface area contributed by atoms with Gasteiger partial charge in [-0.1, -0.05) is 0 Å². The van der Waals surface area contributed by atoms with E-state index in [2.05, 4.69) is 25.9 Å². The van der Waals surface area contributed by atoms with Crippen LogP contribution in [0.2, 0.25) is 0 Å². The molecule has 0 aliphatic heterocycles. The van der Waals surface area contributed by atoms with Crippen molar-refractivity contribution >= 4 is 23.4 Å². The van der Waals surface area contributed by atoms with Crippen LogP contribution in [0.5, 0.6) is 5.75 Å². The molecule has 1 amide bonds. The Bertz CT molecular complexity index is 951. The summed E-state index contributed by atoms with van der Waals surface area (Å²) in [4.78, 5) is 19.8. The quantitative estimate of drug-likeness (QED) is 0.462. The van der Waals surface area contributed by atoms with Crippen molar-refractivity contribution in [1.29, 1.82) is 0 Å². The summed E-state index contributed by atoms with van der Waals surface area (Å²) in [7, 11) is 1.27. The van der Waals surface area contributed by atoms with E-state index in [9.17, 15) is 27.5 Å². The van der Waals surface area contributed by atoms with Crippen molar-refractivity contribution < 1.29 is 32.2 Å². The molecule has 31 heavy (non-hydrogen) atoms.